The third kappa shape index (κ3) is 1.78. The highest BCUT2D eigenvalue weighted by Crippen LogP contribution is 2.18. The second kappa shape index (κ2) is 3.57. The summed E-state index contributed by atoms with van der Waals surface area (Å²) in [4.78, 5) is 21.1. The molecule has 0 heterocycles. The van der Waals surface area contributed by atoms with E-state index in [1.165, 1.54) is 24.3 Å². The van der Waals surface area contributed by atoms with Gasteiger partial charge in [-0.05, 0) is 0 Å². The molecule has 1 rings (SSSR count). The number of carboxylic acid groups (broad SMARTS) is 1. The van der Waals surface area contributed by atoms with E-state index < -0.39 is 17.5 Å². The highest BCUT2D eigenvalue weighted by atomic mass is 16.5. The van der Waals surface area contributed by atoms with Gasteiger partial charge in [0.1, 0.15) is 0 Å². The maximum Gasteiger partial charge on any atom is 0.378 e. The van der Waals surface area contributed by atoms with Gasteiger partial charge in [0.2, 0.25) is 0 Å². The lowest BCUT2D eigenvalue weighted by atomic mass is 10.0. The first-order valence-electron chi connectivity index (χ1n) is 3.74. The van der Waals surface area contributed by atoms with Crippen molar-refractivity contribution in [3.63, 3.8) is 0 Å². The van der Waals surface area contributed by atoms with Crippen molar-refractivity contribution in [1.29, 1.82) is 0 Å². The van der Waals surface area contributed by atoms with Crippen LogP contribution in [0.1, 0.15) is 5.56 Å². The Morgan fingerprint density at radius 2 is 1.57 bits per heavy atom. The lowest BCUT2D eigenvalue weighted by Crippen LogP contribution is -2.40. The zero-order valence-electron chi connectivity index (χ0n) is 7.04. The molecule has 0 radical (unpaired) electrons. The molecule has 0 fully saturated rings. The molecular formula is C9H8O5. The van der Waals surface area contributed by atoms with E-state index in [9.17, 15) is 19.8 Å². The number of Topliss-reactive ketones (excluding diaryl/α,β-unsaturated/α-hetero) is 1. The molecule has 0 saturated carbocycles. The predicted molar refractivity (Wildman–Crippen MR) is 45.2 cm³/mol. The average Bonchev–Trinajstić information content (AvgIpc) is 2.18. The molecule has 1 aromatic rings. The summed E-state index contributed by atoms with van der Waals surface area (Å²) in [6, 6.07) is 7.03. The molecular weight excluding hydrogens is 188 g/mol. The van der Waals surface area contributed by atoms with E-state index in [4.69, 9.17) is 5.11 Å². The Labute approximate surface area is 79.2 Å². The van der Waals surface area contributed by atoms with Crippen LogP contribution in [-0.2, 0) is 15.4 Å². The predicted octanol–water partition coefficient (Wildman–Crippen LogP) is -0.522. The van der Waals surface area contributed by atoms with Gasteiger partial charge in [-0.25, -0.2) is 4.79 Å². The molecule has 14 heavy (non-hydrogen) atoms. The fraction of sp³-hybridized carbons (Fsp3) is 0.111. The van der Waals surface area contributed by atoms with Crippen LogP contribution in [0.2, 0.25) is 0 Å². The van der Waals surface area contributed by atoms with Crippen LogP contribution in [0.5, 0.6) is 0 Å². The molecule has 0 aliphatic carbocycles. The van der Waals surface area contributed by atoms with Crippen LogP contribution in [0.4, 0.5) is 0 Å². The molecule has 0 saturated heterocycles. The van der Waals surface area contributed by atoms with E-state index >= 15 is 0 Å². The Hall–Kier alpha value is -1.72. The molecule has 0 bridgehead atoms. The molecule has 0 atom stereocenters. The average molecular weight is 196 g/mol. The van der Waals surface area contributed by atoms with Crippen molar-refractivity contribution in [3.05, 3.63) is 35.9 Å². The van der Waals surface area contributed by atoms with Crippen LogP contribution in [0.25, 0.3) is 0 Å². The summed E-state index contributed by atoms with van der Waals surface area (Å²) in [5, 5.41) is 26.8. The smallest absolute Gasteiger partial charge is 0.378 e. The van der Waals surface area contributed by atoms with Crippen molar-refractivity contribution < 1.29 is 24.9 Å². The number of ketones is 1. The number of benzene rings is 1. The quantitative estimate of drug-likeness (QED) is 0.446. The highest BCUT2D eigenvalue weighted by molar-refractivity contribution is 6.35. The highest BCUT2D eigenvalue weighted by Gasteiger charge is 2.39. The Morgan fingerprint density at radius 3 is 2.00 bits per heavy atom. The number of carbonyl (C=O) groups excluding carboxylic acids is 1. The van der Waals surface area contributed by atoms with Crippen LogP contribution in [0.15, 0.2) is 30.3 Å². The van der Waals surface area contributed by atoms with Crippen molar-refractivity contribution >= 4 is 11.8 Å². The molecule has 0 amide bonds. The van der Waals surface area contributed by atoms with Crippen molar-refractivity contribution in [2.75, 3.05) is 0 Å². The maximum absolute atomic E-state index is 10.9. The van der Waals surface area contributed by atoms with E-state index in [-0.39, 0.29) is 5.56 Å². The van der Waals surface area contributed by atoms with Crippen molar-refractivity contribution in [2.45, 2.75) is 5.79 Å². The topological polar surface area (TPSA) is 94.8 Å². The summed E-state index contributed by atoms with van der Waals surface area (Å²) >= 11 is 0. The first-order chi connectivity index (χ1) is 6.46. The van der Waals surface area contributed by atoms with Gasteiger partial charge in [-0.2, -0.15) is 0 Å². The monoisotopic (exact) mass is 196 g/mol. The van der Waals surface area contributed by atoms with E-state index in [2.05, 4.69) is 0 Å². The van der Waals surface area contributed by atoms with Gasteiger partial charge >= 0.3 is 11.8 Å². The number of aliphatic hydroxyl groups is 2. The standard InChI is InChI=1S/C9H8O5/c10-7(8(11)12)9(13,14)6-4-2-1-3-5-6/h1-5,13-14H,(H,11,12). The van der Waals surface area contributed by atoms with Gasteiger partial charge in [0, 0.05) is 5.56 Å². The van der Waals surface area contributed by atoms with Gasteiger partial charge in [-0.3, -0.25) is 4.79 Å². The van der Waals surface area contributed by atoms with Crippen molar-refractivity contribution in [1.82, 2.24) is 0 Å². The third-order valence-electron chi connectivity index (χ3n) is 1.69. The van der Waals surface area contributed by atoms with E-state index in [1.807, 2.05) is 0 Å². The second-order valence-corrected chi connectivity index (χ2v) is 2.67. The van der Waals surface area contributed by atoms with Crippen molar-refractivity contribution in [2.24, 2.45) is 0 Å². The summed E-state index contributed by atoms with van der Waals surface area (Å²) in [6.07, 6.45) is 0. The number of hydrogen-bond acceptors (Lipinski definition) is 4. The minimum Gasteiger partial charge on any atom is -0.475 e. The third-order valence-corrected chi connectivity index (χ3v) is 1.69. The van der Waals surface area contributed by atoms with Crippen molar-refractivity contribution in [3.8, 4) is 0 Å². The summed E-state index contributed by atoms with van der Waals surface area (Å²) in [5.74, 6) is -6.53. The van der Waals surface area contributed by atoms with Crippen LogP contribution < -0.4 is 0 Å². The Morgan fingerprint density at radius 1 is 1.07 bits per heavy atom. The van der Waals surface area contributed by atoms with E-state index in [1.54, 1.807) is 6.07 Å². The van der Waals surface area contributed by atoms with Gasteiger partial charge in [-0.1, -0.05) is 30.3 Å². The number of aliphatic carboxylic acids is 1. The number of carboxylic acids is 1. The molecule has 0 aliphatic rings. The molecule has 3 N–H and O–H groups in total. The Bertz CT molecular complexity index is 355. The van der Waals surface area contributed by atoms with Gasteiger partial charge in [0.25, 0.3) is 5.79 Å². The van der Waals surface area contributed by atoms with E-state index in [0.29, 0.717) is 0 Å². The molecule has 5 nitrogen and oxygen atoms in total. The lowest BCUT2D eigenvalue weighted by Gasteiger charge is -2.17. The number of hydrogen-bond donors (Lipinski definition) is 3. The van der Waals surface area contributed by atoms with Crippen LogP contribution in [0.3, 0.4) is 0 Å². The molecule has 5 heteroatoms. The van der Waals surface area contributed by atoms with Gasteiger partial charge < -0.3 is 15.3 Å². The summed E-state index contributed by atoms with van der Waals surface area (Å²) in [6.45, 7) is 0. The fourth-order valence-corrected chi connectivity index (χ4v) is 0.951. The summed E-state index contributed by atoms with van der Waals surface area (Å²) < 4.78 is 0. The maximum atomic E-state index is 10.9. The zero-order chi connectivity index (χ0) is 10.8. The lowest BCUT2D eigenvalue weighted by molar-refractivity contribution is -0.193. The summed E-state index contributed by atoms with van der Waals surface area (Å²) in [5.41, 5.74) is -0.174. The first kappa shape index (κ1) is 10.4. The number of carbonyl (C=O) groups is 2. The van der Waals surface area contributed by atoms with Gasteiger partial charge in [-0.15, -0.1) is 0 Å². The van der Waals surface area contributed by atoms with Crippen LogP contribution in [0, 0.1) is 0 Å². The number of rotatable bonds is 3. The van der Waals surface area contributed by atoms with Gasteiger partial charge in [0.05, 0.1) is 0 Å². The fourth-order valence-electron chi connectivity index (χ4n) is 0.951. The Balaban J connectivity index is 3.08. The minimum absolute atomic E-state index is 0.174. The molecule has 74 valence electrons. The summed E-state index contributed by atoms with van der Waals surface area (Å²) in [7, 11) is 0. The zero-order valence-corrected chi connectivity index (χ0v) is 7.04. The van der Waals surface area contributed by atoms with Gasteiger partial charge in [0.15, 0.2) is 0 Å². The molecule has 0 unspecified atom stereocenters. The first-order valence-corrected chi connectivity index (χ1v) is 3.74. The second-order valence-electron chi connectivity index (χ2n) is 2.67. The SMILES string of the molecule is O=C(O)C(=O)C(O)(O)c1ccccc1. The molecule has 0 spiro atoms. The Kier molecular flexibility index (Phi) is 2.64. The normalized spacial score (nSPS) is 11.0. The molecule has 1 aromatic carbocycles. The molecule has 0 aliphatic heterocycles. The van der Waals surface area contributed by atoms with Crippen LogP contribution in [-0.4, -0.2) is 27.1 Å². The van der Waals surface area contributed by atoms with Crippen LogP contribution >= 0.6 is 0 Å². The minimum atomic E-state index is -2.97. The van der Waals surface area contributed by atoms with E-state index in [0.717, 1.165) is 0 Å². The largest absolute Gasteiger partial charge is 0.475 e. The molecule has 0 aromatic heterocycles.